The van der Waals surface area contributed by atoms with E-state index in [1.807, 2.05) is 41.1 Å². The first-order valence-electron chi connectivity index (χ1n) is 6.12. The van der Waals surface area contributed by atoms with Gasteiger partial charge in [0.1, 0.15) is 11.7 Å². The number of pyridine rings is 1. The molecule has 3 rings (SSSR count). The largest absolute Gasteiger partial charge is 0.379 e. The molecule has 98 valence electrons. The van der Waals surface area contributed by atoms with E-state index in [1.165, 1.54) is 0 Å². The summed E-state index contributed by atoms with van der Waals surface area (Å²) < 4.78 is 1.97. The number of rotatable bonds is 3. The van der Waals surface area contributed by atoms with Crippen LogP contribution < -0.4 is 5.32 Å². The van der Waals surface area contributed by atoms with Crippen molar-refractivity contribution in [2.45, 2.75) is 6.54 Å². The summed E-state index contributed by atoms with van der Waals surface area (Å²) in [6.07, 6.45) is 3.94. The molecule has 0 aliphatic rings. The number of hydrogen-bond donors (Lipinski definition) is 1. The average molecular weight is 283 g/mol. The van der Waals surface area contributed by atoms with Crippen LogP contribution >= 0.6 is 11.6 Å². The van der Waals surface area contributed by atoms with Crippen molar-refractivity contribution in [1.82, 2.24) is 9.38 Å². The van der Waals surface area contributed by atoms with Crippen molar-refractivity contribution in [2.75, 3.05) is 5.32 Å². The molecule has 0 radical (unpaired) electrons. The van der Waals surface area contributed by atoms with E-state index in [-0.39, 0.29) is 0 Å². The monoisotopic (exact) mass is 282 g/mol. The molecule has 2 aromatic heterocycles. The standard InChI is InChI=1S/C15H11ClN4/c16-14-5-4-12(7-11(14)8-17)18-9-13-10-20-6-2-1-3-15(20)19-13/h1-7,10,18H,9H2. The number of aromatic nitrogens is 2. The van der Waals surface area contributed by atoms with Gasteiger partial charge >= 0.3 is 0 Å². The maximum absolute atomic E-state index is 8.95. The maximum atomic E-state index is 8.95. The minimum Gasteiger partial charge on any atom is -0.379 e. The zero-order valence-electron chi connectivity index (χ0n) is 10.5. The van der Waals surface area contributed by atoms with Crippen LogP contribution in [0.2, 0.25) is 5.02 Å². The highest BCUT2D eigenvalue weighted by atomic mass is 35.5. The Morgan fingerprint density at radius 1 is 1.30 bits per heavy atom. The summed E-state index contributed by atoms with van der Waals surface area (Å²) in [6, 6.07) is 13.2. The summed E-state index contributed by atoms with van der Waals surface area (Å²) in [7, 11) is 0. The van der Waals surface area contributed by atoms with Gasteiger partial charge in [-0.05, 0) is 30.3 Å². The molecule has 0 aliphatic carbocycles. The van der Waals surface area contributed by atoms with Gasteiger partial charge in [0.15, 0.2) is 0 Å². The molecule has 0 spiro atoms. The Balaban J connectivity index is 1.77. The Kier molecular flexibility index (Phi) is 3.28. The van der Waals surface area contributed by atoms with Gasteiger partial charge in [-0.25, -0.2) is 4.98 Å². The Labute approximate surface area is 121 Å². The Bertz CT molecular complexity index is 768. The van der Waals surface area contributed by atoms with Crippen LogP contribution in [0, 0.1) is 11.3 Å². The fraction of sp³-hybridized carbons (Fsp3) is 0.0667. The summed E-state index contributed by atoms with van der Waals surface area (Å²) in [6.45, 7) is 0.591. The van der Waals surface area contributed by atoms with Crippen LogP contribution in [0.1, 0.15) is 11.3 Å². The Morgan fingerprint density at radius 3 is 3.00 bits per heavy atom. The number of nitrogens with zero attached hydrogens (tertiary/aromatic N) is 3. The quantitative estimate of drug-likeness (QED) is 0.800. The van der Waals surface area contributed by atoms with E-state index in [0.29, 0.717) is 17.1 Å². The first kappa shape index (κ1) is 12.5. The highest BCUT2D eigenvalue weighted by molar-refractivity contribution is 6.31. The van der Waals surface area contributed by atoms with Crippen molar-refractivity contribution in [2.24, 2.45) is 0 Å². The van der Waals surface area contributed by atoms with Gasteiger partial charge in [-0.15, -0.1) is 0 Å². The molecule has 3 aromatic rings. The third-order valence-electron chi connectivity index (χ3n) is 2.97. The van der Waals surface area contributed by atoms with E-state index in [4.69, 9.17) is 16.9 Å². The third-order valence-corrected chi connectivity index (χ3v) is 3.30. The number of nitriles is 1. The maximum Gasteiger partial charge on any atom is 0.137 e. The lowest BCUT2D eigenvalue weighted by molar-refractivity contribution is 1.08. The first-order valence-corrected chi connectivity index (χ1v) is 6.50. The van der Waals surface area contributed by atoms with E-state index in [1.54, 1.807) is 12.1 Å². The van der Waals surface area contributed by atoms with Gasteiger partial charge in [-0.1, -0.05) is 17.7 Å². The first-order chi connectivity index (χ1) is 9.76. The van der Waals surface area contributed by atoms with Gasteiger partial charge in [0.2, 0.25) is 0 Å². The lowest BCUT2D eigenvalue weighted by atomic mass is 10.2. The van der Waals surface area contributed by atoms with Gasteiger partial charge in [0.05, 0.1) is 22.8 Å². The van der Waals surface area contributed by atoms with Gasteiger partial charge in [0.25, 0.3) is 0 Å². The van der Waals surface area contributed by atoms with E-state index >= 15 is 0 Å². The molecule has 20 heavy (non-hydrogen) atoms. The van der Waals surface area contributed by atoms with Crippen LogP contribution in [-0.2, 0) is 6.54 Å². The highest BCUT2D eigenvalue weighted by Gasteiger charge is 2.03. The van der Waals surface area contributed by atoms with E-state index < -0.39 is 0 Å². The molecule has 0 saturated carbocycles. The SMILES string of the molecule is N#Cc1cc(NCc2cn3ccccc3n2)ccc1Cl. The van der Waals surface area contributed by atoms with E-state index in [9.17, 15) is 0 Å². The minimum atomic E-state index is 0.464. The van der Waals surface area contributed by atoms with Crippen molar-refractivity contribution < 1.29 is 0 Å². The zero-order valence-corrected chi connectivity index (χ0v) is 11.3. The molecule has 4 nitrogen and oxygen atoms in total. The fourth-order valence-electron chi connectivity index (χ4n) is 1.99. The van der Waals surface area contributed by atoms with Crippen LogP contribution in [-0.4, -0.2) is 9.38 Å². The number of benzene rings is 1. The number of nitrogens with one attached hydrogen (secondary N) is 1. The second-order valence-corrected chi connectivity index (χ2v) is 4.77. The molecule has 0 fully saturated rings. The smallest absolute Gasteiger partial charge is 0.137 e. The van der Waals surface area contributed by atoms with Crippen molar-refractivity contribution in [3.8, 4) is 6.07 Å². The number of imidazole rings is 1. The summed E-state index contributed by atoms with van der Waals surface area (Å²) in [5.41, 5.74) is 3.16. The number of anilines is 1. The molecule has 5 heteroatoms. The van der Waals surface area contributed by atoms with Crippen LogP contribution in [0.5, 0.6) is 0 Å². The van der Waals surface area contributed by atoms with Crippen molar-refractivity contribution in [1.29, 1.82) is 5.26 Å². The minimum absolute atomic E-state index is 0.464. The molecule has 0 unspecified atom stereocenters. The Hall–Kier alpha value is -2.51. The van der Waals surface area contributed by atoms with Crippen molar-refractivity contribution >= 4 is 22.9 Å². The molecular weight excluding hydrogens is 272 g/mol. The van der Waals surface area contributed by atoms with E-state index in [2.05, 4.69) is 16.4 Å². The predicted octanol–water partition coefficient (Wildman–Crippen LogP) is 3.47. The second kappa shape index (κ2) is 5.24. The van der Waals surface area contributed by atoms with Gasteiger partial charge in [-0.3, -0.25) is 0 Å². The fourth-order valence-corrected chi connectivity index (χ4v) is 2.15. The van der Waals surface area contributed by atoms with Crippen LogP contribution in [0.15, 0.2) is 48.8 Å². The Morgan fingerprint density at radius 2 is 2.20 bits per heavy atom. The molecular formula is C15H11ClN4. The molecule has 0 bridgehead atoms. The number of fused-ring (bicyclic) bond motifs is 1. The number of hydrogen-bond acceptors (Lipinski definition) is 3. The van der Waals surface area contributed by atoms with Crippen molar-refractivity contribution in [3.05, 3.63) is 65.1 Å². The predicted molar refractivity (Wildman–Crippen MR) is 78.7 cm³/mol. The molecule has 0 aliphatic heterocycles. The summed E-state index contributed by atoms with van der Waals surface area (Å²) in [5, 5.41) is 12.6. The molecule has 0 saturated heterocycles. The normalized spacial score (nSPS) is 10.4. The molecule has 1 aromatic carbocycles. The number of halogens is 1. The molecule has 1 N–H and O–H groups in total. The lowest BCUT2D eigenvalue weighted by Gasteiger charge is -2.05. The summed E-state index contributed by atoms with van der Waals surface area (Å²) >= 11 is 5.90. The molecule has 2 heterocycles. The van der Waals surface area contributed by atoms with E-state index in [0.717, 1.165) is 17.0 Å². The van der Waals surface area contributed by atoms with Crippen LogP contribution in [0.3, 0.4) is 0 Å². The third kappa shape index (κ3) is 2.44. The van der Waals surface area contributed by atoms with Crippen LogP contribution in [0.25, 0.3) is 5.65 Å². The average Bonchev–Trinajstić information content (AvgIpc) is 2.89. The van der Waals surface area contributed by atoms with Gasteiger partial charge < -0.3 is 9.72 Å². The zero-order chi connectivity index (χ0) is 13.9. The lowest BCUT2D eigenvalue weighted by Crippen LogP contribution is -1.99. The van der Waals surface area contributed by atoms with Crippen LogP contribution in [0.4, 0.5) is 5.69 Å². The summed E-state index contributed by atoms with van der Waals surface area (Å²) in [4.78, 5) is 4.50. The topological polar surface area (TPSA) is 53.1 Å². The molecule has 0 atom stereocenters. The van der Waals surface area contributed by atoms with Crippen molar-refractivity contribution in [3.63, 3.8) is 0 Å². The summed E-state index contributed by atoms with van der Waals surface area (Å²) in [5.74, 6) is 0. The van der Waals surface area contributed by atoms with Gasteiger partial charge in [0, 0.05) is 18.1 Å². The van der Waals surface area contributed by atoms with Gasteiger partial charge in [-0.2, -0.15) is 5.26 Å². The molecule has 0 amide bonds. The highest BCUT2D eigenvalue weighted by Crippen LogP contribution is 2.20. The second-order valence-electron chi connectivity index (χ2n) is 4.36.